The van der Waals surface area contributed by atoms with Crippen molar-refractivity contribution in [2.24, 2.45) is 0 Å². The molecule has 26 heavy (non-hydrogen) atoms. The van der Waals surface area contributed by atoms with Crippen LogP contribution in [-0.2, 0) is 4.79 Å². The number of amides is 1. The van der Waals surface area contributed by atoms with Gasteiger partial charge in [0.05, 0.1) is 17.7 Å². The Bertz CT molecular complexity index is 743. The summed E-state index contributed by atoms with van der Waals surface area (Å²) in [5.41, 5.74) is 1.05. The predicted molar refractivity (Wildman–Crippen MR) is 103 cm³/mol. The summed E-state index contributed by atoms with van der Waals surface area (Å²) in [4.78, 5) is 18.8. The van der Waals surface area contributed by atoms with Crippen molar-refractivity contribution in [2.75, 3.05) is 26.2 Å². The van der Waals surface area contributed by atoms with E-state index in [0.29, 0.717) is 41.8 Å². The molecule has 1 saturated heterocycles. The molecule has 0 saturated carbocycles. The average Bonchev–Trinajstić information content (AvgIpc) is 2.67. The van der Waals surface area contributed by atoms with Crippen molar-refractivity contribution in [2.45, 2.75) is 18.9 Å². The number of aromatic nitrogens is 1. The van der Waals surface area contributed by atoms with Gasteiger partial charge in [0.2, 0.25) is 5.91 Å². The van der Waals surface area contributed by atoms with Crippen LogP contribution in [0.3, 0.4) is 0 Å². The van der Waals surface area contributed by atoms with E-state index in [-0.39, 0.29) is 11.9 Å². The highest BCUT2D eigenvalue weighted by molar-refractivity contribution is 6.35. The first-order chi connectivity index (χ1) is 12.6. The molecule has 0 radical (unpaired) electrons. The number of nitrogens with zero attached hydrogens (tertiary/aromatic N) is 2. The number of piperazine rings is 1. The number of ether oxygens (including phenoxy) is 1. The Kier molecular flexibility index (Phi) is 6.72. The van der Waals surface area contributed by atoms with Gasteiger partial charge in [-0.25, -0.2) is 0 Å². The second-order valence-corrected chi connectivity index (χ2v) is 6.96. The third-order valence-electron chi connectivity index (χ3n) is 4.32. The highest BCUT2D eigenvalue weighted by Crippen LogP contribution is 2.28. The molecule has 1 aliphatic heterocycles. The van der Waals surface area contributed by atoms with Gasteiger partial charge in [0, 0.05) is 43.5 Å². The number of benzene rings is 1. The molecule has 2 aromatic rings. The number of pyridine rings is 1. The second kappa shape index (κ2) is 9.21. The van der Waals surface area contributed by atoms with Crippen LogP contribution in [0.1, 0.15) is 24.4 Å². The molecular weight excluding hydrogens is 373 g/mol. The van der Waals surface area contributed by atoms with Gasteiger partial charge in [0.25, 0.3) is 0 Å². The van der Waals surface area contributed by atoms with E-state index in [4.69, 9.17) is 27.9 Å². The van der Waals surface area contributed by atoms with Gasteiger partial charge in [-0.1, -0.05) is 29.3 Å². The highest BCUT2D eigenvalue weighted by atomic mass is 35.5. The fourth-order valence-corrected chi connectivity index (χ4v) is 3.48. The molecule has 1 atom stereocenters. The Morgan fingerprint density at radius 1 is 1.35 bits per heavy atom. The molecule has 1 amide bonds. The maximum absolute atomic E-state index is 12.7. The minimum Gasteiger partial charge on any atom is -0.492 e. The van der Waals surface area contributed by atoms with Crippen molar-refractivity contribution in [3.63, 3.8) is 0 Å². The SMILES string of the molecule is O=C(CCCOc1ccc(Cl)cc1Cl)N1CCNCC1c1cccnc1. The average molecular weight is 394 g/mol. The quantitative estimate of drug-likeness (QED) is 0.759. The second-order valence-electron chi connectivity index (χ2n) is 6.12. The molecule has 1 unspecified atom stereocenters. The number of nitrogens with one attached hydrogen (secondary N) is 1. The topological polar surface area (TPSA) is 54.5 Å². The van der Waals surface area contributed by atoms with Crippen LogP contribution < -0.4 is 10.1 Å². The van der Waals surface area contributed by atoms with Crippen LogP contribution in [0.5, 0.6) is 5.75 Å². The van der Waals surface area contributed by atoms with Gasteiger partial charge in [-0.3, -0.25) is 9.78 Å². The van der Waals surface area contributed by atoms with Crippen molar-refractivity contribution in [1.29, 1.82) is 0 Å². The van der Waals surface area contributed by atoms with E-state index in [2.05, 4.69) is 10.3 Å². The molecule has 0 bridgehead atoms. The van der Waals surface area contributed by atoms with E-state index >= 15 is 0 Å². The largest absolute Gasteiger partial charge is 0.492 e. The predicted octanol–water partition coefficient (Wildman–Crippen LogP) is 3.72. The van der Waals surface area contributed by atoms with E-state index in [1.165, 1.54) is 0 Å². The van der Waals surface area contributed by atoms with Crippen LogP contribution in [0.4, 0.5) is 0 Å². The summed E-state index contributed by atoms with van der Waals surface area (Å²) in [6, 6.07) is 9.04. The Morgan fingerprint density at radius 2 is 2.23 bits per heavy atom. The van der Waals surface area contributed by atoms with E-state index in [1.54, 1.807) is 24.4 Å². The van der Waals surface area contributed by atoms with E-state index in [9.17, 15) is 4.79 Å². The molecule has 1 aromatic carbocycles. The van der Waals surface area contributed by atoms with Gasteiger partial charge >= 0.3 is 0 Å². The zero-order valence-electron chi connectivity index (χ0n) is 14.3. The molecule has 2 heterocycles. The van der Waals surface area contributed by atoms with Crippen LogP contribution in [0.25, 0.3) is 0 Å². The molecule has 138 valence electrons. The van der Waals surface area contributed by atoms with Crippen LogP contribution in [0, 0.1) is 0 Å². The normalized spacial score (nSPS) is 17.2. The van der Waals surface area contributed by atoms with Crippen LogP contribution >= 0.6 is 23.2 Å². The molecule has 1 aromatic heterocycles. The number of halogens is 2. The van der Waals surface area contributed by atoms with E-state index in [0.717, 1.165) is 18.7 Å². The fourth-order valence-electron chi connectivity index (χ4n) is 3.02. The third-order valence-corrected chi connectivity index (χ3v) is 4.85. The Hall–Kier alpha value is -1.82. The van der Waals surface area contributed by atoms with Gasteiger partial charge in [-0.05, 0) is 36.2 Å². The van der Waals surface area contributed by atoms with Gasteiger partial charge < -0.3 is 15.0 Å². The maximum atomic E-state index is 12.7. The summed E-state index contributed by atoms with van der Waals surface area (Å²) in [5, 5.41) is 4.39. The summed E-state index contributed by atoms with van der Waals surface area (Å²) in [6.07, 6.45) is 4.62. The van der Waals surface area contributed by atoms with E-state index in [1.807, 2.05) is 23.2 Å². The molecule has 7 heteroatoms. The lowest BCUT2D eigenvalue weighted by Crippen LogP contribution is -2.48. The number of carbonyl (C=O) groups excluding carboxylic acids is 1. The highest BCUT2D eigenvalue weighted by Gasteiger charge is 2.27. The number of hydrogen-bond acceptors (Lipinski definition) is 4. The molecule has 3 rings (SSSR count). The fraction of sp³-hybridized carbons (Fsp3) is 0.368. The van der Waals surface area contributed by atoms with Crippen LogP contribution in [0.2, 0.25) is 10.0 Å². The molecule has 5 nitrogen and oxygen atoms in total. The third kappa shape index (κ3) is 4.87. The smallest absolute Gasteiger partial charge is 0.223 e. The van der Waals surface area contributed by atoms with Crippen molar-refractivity contribution in [1.82, 2.24) is 15.2 Å². The van der Waals surface area contributed by atoms with Crippen molar-refractivity contribution < 1.29 is 9.53 Å². The first-order valence-corrected chi connectivity index (χ1v) is 9.38. The summed E-state index contributed by atoms with van der Waals surface area (Å²) in [6.45, 7) is 2.67. The summed E-state index contributed by atoms with van der Waals surface area (Å²) < 4.78 is 5.66. The van der Waals surface area contributed by atoms with E-state index < -0.39 is 0 Å². The zero-order valence-corrected chi connectivity index (χ0v) is 15.8. The van der Waals surface area contributed by atoms with Crippen molar-refractivity contribution in [3.05, 3.63) is 58.3 Å². The summed E-state index contributed by atoms with van der Waals surface area (Å²) in [5.74, 6) is 0.713. The standard InChI is InChI=1S/C19H21Cl2N3O2/c20-15-5-6-18(16(21)11-15)26-10-2-4-19(25)24-9-8-23-13-17(24)14-3-1-7-22-12-14/h1,3,5-7,11-12,17,23H,2,4,8-10,13H2. The Balaban J connectivity index is 1.52. The van der Waals surface area contributed by atoms with Gasteiger partial charge in [0.15, 0.2) is 0 Å². The zero-order chi connectivity index (χ0) is 18.4. The molecule has 0 aliphatic carbocycles. The van der Waals surface area contributed by atoms with Crippen LogP contribution in [-0.4, -0.2) is 42.0 Å². The number of rotatable bonds is 6. The Labute approximate surface area is 163 Å². The lowest BCUT2D eigenvalue weighted by atomic mass is 10.0. The minimum absolute atomic E-state index is 0.0246. The molecule has 1 fully saturated rings. The Morgan fingerprint density at radius 3 is 3.00 bits per heavy atom. The number of hydrogen-bond donors (Lipinski definition) is 1. The number of carbonyl (C=O) groups is 1. The molecule has 1 N–H and O–H groups in total. The molecule has 1 aliphatic rings. The van der Waals surface area contributed by atoms with Gasteiger partial charge in [-0.2, -0.15) is 0 Å². The first-order valence-electron chi connectivity index (χ1n) is 8.63. The lowest BCUT2D eigenvalue weighted by molar-refractivity contribution is -0.134. The van der Waals surface area contributed by atoms with Crippen LogP contribution in [0.15, 0.2) is 42.7 Å². The monoisotopic (exact) mass is 393 g/mol. The summed E-state index contributed by atoms with van der Waals surface area (Å²) in [7, 11) is 0. The summed E-state index contributed by atoms with van der Waals surface area (Å²) >= 11 is 12.0. The van der Waals surface area contributed by atoms with Crippen molar-refractivity contribution in [3.8, 4) is 5.75 Å². The first kappa shape index (κ1) is 19.0. The molecular formula is C19H21Cl2N3O2. The maximum Gasteiger partial charge on any atom is 0.223 e. The molecule has 0 spiro atoms. The minimum atomic E-state index is 0.0246. The van der Waals surface area contributed by atoms with Gasteiger partial charge in [-0.15, -0.1) is 0 Å². The van der Waals surface area contributed by atoms with Gasteiger partial charge in [0.1, 0.15) is 5.75 Å². The lowest BCUT2D eigenvalue weighted by Gasteiger charge is -2.36. The van der Waals surface area contributed by atoms with Crippen molar-refractivity contribution >= 4 is 29.1 Å².